The van der Waals surface area contributed by atoms with E-state index in [2.05, 4.69) is 24.4 Å². The summed E-state index contributed by atoms with van der Waals surface area (Å²) in [7, 11) is -3.32. The Balaban J connectivity index is 1.73. The first-order valence-electron chi connectivity index (χ1n) is 9.26. The van der Waals surface area contributed by atoms with Crippen molar-refractivity contribution in [3.05, 3.63) is 65.2 Å². The van der Waals surface area contributed by atoms with Crippen molar-refractivity contribution in [1.29, 1.82) is 0 Å². The molecule has 2 unspecified atom stereocenters. The van der Waals surface area contributed by atoms with Crippen LogP contribution in [0.2, 0.25) is 0 Å². The molecule has 0 bridgehead atoms. The molecule has 1 heterocycles. The number of hydrogen-bond donors (Lipinski definition) is 1. The molecular weight excluding hydrogens is 360 g/mol. The van der Waals surface area contributed by atoms with Gasteiger partial charge in [-0.05, 0) is 49.1 Å². The Kier molecular flexibility index (Phi) is 5.56. The SMILES string of the molecule is CCC(CNC(=O)c1ccc2c(c1)CC(C)N2S(C)(=O)=O)c1ccccc1. The average Bonchev–Trinajstić information content (AvgIpc) is 2.98. The van der Waals surface area contributed by atoms with E-state index in [1.54, 1.807) is 12.1 Å². The summed E-state index contributed by atoms with van der Waals surface area (Å²) < 4.78 is 25.5. The van der Waals surface area contributed by atoms with Gasteiger partial charge in [-0.25, -0.2) is 8.42 Å². The van der Waals surface area contributed by atoms with Gasteiger partial charge in [-0.2, -0.15) is 0 Å². The van der Waals surface area contributed by atoms with E-state index in [1.165, 1.54) is 16.1 Å². The molecule has 0 saturated carbocycles. The number of nitrogens with zero attached hydrogens (tertiary/aromatic N) is 1. The average molecular weight is 387 g/mol. The van der Waals surface area contributed by atoms with E-state index in [-0.39, 0.29) is 17.9 Å². The number of carbonyl (C=O) groups excluding carboxylic acids is 1. The zero-order valence-corrected chi connectivity index (χ0v) is 16.8. The number of sulfonamides is 1. The molecule has 1 aliphatic rings. The van der Waals surface area contributed by atoms with E-state index in [9.17, 15) is 13.2 Å². The molecule has 1 N–H and O–H groups in total. The maximum Gasteiger partial charge on any atom is 0.251 e. The van der Waals surface area contributed by atoms with E-state index >= 15 is 0 Å². The Morgan fingerprint density at radius 2 is 1.93 bits per heavy atom. The van der Waals surface area contributed by atoms with Crippen LogP contribution in [0.4, 0.5) is 5.69 Å². The number of benzene rings is 2. The minimum absolute atomic E-state index is 0.127. The van der Waals surface area contributed by atoms with E-state index in [1.807, 2.05) is 31.2 Å². The molecular formula is C21H26N2O3S. The van der Waals surface area contributed by atoms with Gasteiger partial charge in [-0.15, -0.1) is 0 Å². The van der Waals surface area contributed by atoms with Crippen molar-refractivity contribution in [3.63, 3.8) is 0 Å². The van der Waals surface area contributed by atoms with Crippen molar-refractivity contribution in [3.8, 4) is 0 Å². The number of rotatable bonds is 6. The van der Waals surface area contributed by atoms with Gasteiger partial charge in [0.05, 0.1) is 11.9 Å². The van der Waals surface area contributed by atoms with Crippen LogP contribution in [-0.2, 0) is 16.4 Å². The second kappa shape index (κ2) is 7.72. The topological polar surface area (TPSA) is 66.5 Å². The highest BCUT2D eigenvalue weighted by Crippen LogP contribution is 2.34. The lowest BCUT2D eigenvalue weighted by Crippen LogP contribution is -2.34. The third-order valence-electron chi connectivity index (χ3n) is 5.12. The predicted molar refractivity (Wildman–Crippen MR) is 109 cm³/mol. The summed E-state index contributed by atoms with van der Waals surface area (Å²) in [5.74, 6) is 0.142. The second-order valence-electron chi connectivity index (χ2n) is 7.18. The Bertz CT molecular complexity index is 926. The summed E-state index contributed by atoms with van der Waals surface area (Å²) in [5, 5.41) is 3.02. The summed E-state index contributed by atoms with van der Waals surface area (Å²) in [6.07, 6.45) is 2.77. The van der Waals surface area contributed by atoms with E-state index in [0.29, 0.717) is 24.2 Å². The van der Waals surface area contributed by atoms with Crippen LogP contribution in [0.3, 0.4) is 0 Å². The fourth-order valence-corrected chi connectivity index (χ4v) is 5.05. The fourth-order valence-electron chi connectivity index (χ4n) is 3.79. The van der Waals surface area contributed by atoms with Crippen LogP contribution in [0.5, 0.6) is 0 Å². The van der Waals surface area contributed by atoms with Crippen molar-refractivity contribution in [2.75, 3.05) is 17.1 Å². The molecule has 2 aromatic carbocycles. The first-order chi connectivity index (χ1) is 12.8. The van der Waals surface area contributed by atoms with Crippen molar-refractivity contribution < 1.29 is 13.2 Å². The molecule has 3 rings (SSSR count). The summed E-state index contributed by atoms with van der Waals surface area (Å²) in [4.78, 5) is 12.6. The van der Waals surface area contributed by atoms with Gasteiger partial charge in [0.1, 0.15) is 0 Å². The molecule has 0 radical (unpaired) electrons. The number of hydrogen-bond acceptors (Lipinski definition) is 3. The van der Waals surface area contributed by atoms with Crippen molar-refractivity contribution in [1.82, 2.24) is 5.32 Å². The summed E-state index contributed by atoms with van der Waals surface area (Å²) in [5.41, 5.74) is 3.36. The Hall–Kier alpha value is -2.34. The fraction of sp³-hybridized carbons (Fsp3) is 0.381. The zero-order valence-electron chi connectivity index (χ0n) is 16.0. The van der Waals surface area contributed by atoms with Gasteiger partial charge in [-0.3, -0.25) is 9.10 Å². The molecule has 2 atom stereocenters. The van der Waals surface area contributed by atoms with Crippen LogP contribution >= 0.6 is 0 Å². The van der Waals surface area contributed by atoms with Crippen LogP contribution in [0.25, 0.3) is 0 Å². The number of amides is 1. The predicted octanol–water partition coefficient (Wildman–Crippen LogP) is 3.32. The third-order valence-corrected chi connectivity index (χ3v) is 6.40. The van der Waals surface area contributed by atoms with Crippen LogP contribution in [0, 0.1) is 0 Å². The molecule has 0 saturated heterocycles. The molecule has 0 aromatic heterocycles. The molecule has 0 fully saturated rings. The largest absolute Gasteiger partial charge is 0.351 e. The minimum Gasteiger partial charge on any atom is -0.351 e. The lowest BCUT2D eigenvalue weighted by Gasteiger charge is -2.22. The highest BCUT2D eigenvalue weighted by Gasteiger charge is 2.32. The van der Waals surface area contributed by atoms with Gasteiger partial charge in [0.2, 0.25) is 10.0 Å². The van der Waals surface area contributed by atoms with Gasteiger partial charge in [0.15, 0.2) is 0 Å². The Morgan fingerprint density at radius 3 is 2.56 bits per heavy atom. The molecule has 2 aromatic rings. The van der Waals surface area contributed by atoms with Gasteiger partial charge < -0.3 is 5.32 Å². The van der Waals surface area contributed by atoms with Gasteiger partial charge in [-0.1, -0.05) is 37.3 Å². The summed E-state index contributed by atoms with van der Waals surface area (Å²) in [6, 6.07) is 15.3. The first-order valence-corrected chi connectivity index (χ1v) is 11.1. The summed E-state index contributed by atoms with van der Waals surface area (Å²) >= 11 is 0. The van der Waals surface area contributed by atoms with Crippen molar-refractivity contribution in [2.45, 2.75) is 38.6 Å². The number of fused-ring (bicyclic) bond motifs is 1. The van der Waals surface area contributed by atoms with Crippen LogP contribution in [0.1, 0.15) is 47.7 Å². The van der Waals surface area contributed by atoms with Crippen LogP contribution in [0.15, 0.2) is 48.5 Å². The van der Waals surface area contributed by atoms with Crippen molar-refractivity contribution >= 4 is 21.6 Å². The molecule has 6 heteroatoms. The van der Waals surface area contributed by atoms with Gasteiger partial charge in [0, 0.05) is 24.1 Å². The number of nitrogens with one attached hydrogen (secondary N) is 1. The zero-order chi connectivity index (χ0) is 19.6. The molecule has 27 heavy (non-hydrogen) atoms. The molecule has 1 aliphatic heterocycles. The summed E-state index contributed by atoms with van der Waals surface area (Å²) in [6.45, 7) is 4.56. The quantitative estimate of drug-likeness (QED) is 0.828. The molecule has 144 valence electrons. The lowest BCUT2D eigenvalue weighted by molar-refractivity contribution is 0.0951. The number of carbonyl (C=O) groups is 1. The van der Waals surface area contributed by atoms with E-state index < -0.39 is 10.0 Å². The molecule has 0 aliphatic carbocycles. The maximum atomic E-state index is 12.6. The second-order valence-corrected chi connectivity index (χ2v) is 9.04. The standard InChI is InChI=1S/C21H26N2O3S/c1-4-16(17-8-6-5-7-9-17)14-22-21(24)18-10-11-20-19(13-18)12-15(2)23(20)27(3,25)26/h5-11,13,15-16H,4,12,14H2,1-3H3,(H,22,24). The van der Waals surface area contributed by atoms with Gasteiger partial charge in [0.25, 0.3) is 5.91 Å². The Morgan fingerprint density at radius 1 is 1.22 bits per heavy atom. The van der Waals surface area contributed by atoms with Crippen molar-refractivity contribution in [2.24, 2.45) is 0 Å². The van der Waals surface area contributed by atoms with E-state index in [0.717, 1.165) is 12.0 Å². The van der Waals surface area contributed by atoms with Crippen LogP contribution < -0.4 is 9.62 Å². The normalized spacial score (nSPS) is 17.4. The molecule has 5 nitrogen and oxygen atoms in total. The number of anilines is 1. The monoisotopic (exact) mass is 386 g/mol. The molecule has 0 spiro atoms. The van der Waals surface area contributed by atoms with E-state index in [4.69, 9.17) is 0 Å². The van der Waals surface area contributed by atoms with Crippen LogP contribution in [-0.4, -0.2) is 33.2 Å². The minimum atomic E-state index is -3.32. The smallest absolute Gasteiger partial charge is 0.251 e. The highest BCUT2D eigenvalue weighted by molar-refractivity contribution is 7.92. The first kappa shape index (κ1) is 19.4. The lowest BCUT2D eigenvalue weighted by atomic mass is 9.96. The maximum absolute atomic E-state index is 12.6. The highest BCUT2D eigenvalue weighted by atomic mass is 32.2. The molecule has 1 amide bonds. The Labute approximate surface area is 161 Å². The van der Waals surface area contributed by atoms with Gasteiger partial charge >= 0.3 is 0 Å². The third kappa shape index (κ3) is 4.16.